The van der Waals surface area contributed by atoms with Crippen LogP contribution in [-0.4, -0.2) is 60.7 Å². The number of aryl methyl sites for hydroxylation is 2. The maximum Gasteiger partial charge on any atom is 0.289 e. The first-order chi connectivity index (χ1) is 15.5. The molecule has 0 N–H and O–H groups in total. The predicted octanol–water partition coefficient (Wildman–Crippen LogP) is 3.42. The lowest BCUT2D eigenvalue weighted by Gasteiger charge is -2.22. The van der Waals surface area contributed by atoms with Crippen LogP contribution >= 0.6 is 0 Å². The van der Waals surface area contributed by atoms with Crippen LogP contribution in [0.15, 0.2) is 28.7 Å². The summed E-state index contributed by atoms with van der Waals surface area (Å²) >= 11 is 0. The van der Waals surface area contributed by atoms with Crippen molar-refractivity contribution in [3.63, 3.8) is 0 Å². The number of amides is 2. The molecule has 4 rings (SSSR count). The van der Waals surface area contributed by atoms with E-state index in [4.69, 9.17) is 9.15 Å². The van der Waals surface area contributed by atoms with E-state index in [0.717, 1.165) is 24.2 Å². The van der Waals surface area contributed by atoms with E-state index in [1.54, 1.807) is 18.9 Å². The van der Waals surface area contributed by atoms with E-state index in [1.807, 2.05) is 29.2 Å². The van der Waals surface area contributed by atoms with Crippen molar-refractivity contribution in [2.45, 2.75) is 45.4 Å². The minimum Gasteiger partial charge on any atom is -0.497 e. The molecule has 0 radical (unpaired) electrons. The molecule has 0 saturated carbocycles. The van der Waals surface area contributed by atoms with Gasteiger partial charge in [-0.05, 0) is 43.9 Å². The molecule has 1 aromatic heterocycles. The van der Waals surface area contributed by atoms with Crippen LogP contribution in [0, 0.1) is 6.92 Å². The second kappa shape index (κ2) is 9.59. The molecule has 0 bridgehead atoms. The quantitative estimate of drug-likeness (QED) is 0.715. The highest BCUT2D eigenvalue weighted by Crippen LogP contribution is 2.30. The highest BCUT2D eigenvalue weighted by Gasteiger charge is 2.31. The number of hydrogen-bond acceptors (Lipinski definition) is 5. The summed E-state index contributed by atoms with van der Waals surface area (Å²) in [4.78, 5) is 41.8. The van der Waals surface area contributed by atoms with Gasteiger partial charge in [0.1, 0.15) is 11.5 Å². The zero-order valence-corrected chi connectivity index (χ0v) is 18.8. The molecular weight excluding hydrogens is 408 g/mol. The van der Waals surface area contributed by atoms with Gasteiger partial charge >= 0.3 is 0 Å². The van der Waals surface area contributed by atoms with Crippen molar-refractivity contribution in [3.8, 4) is 5.75 Å². The van der Waals surface area contributed by atoms with Crippen LogP contribution in [0.25, 0.3) is 0 Å². The summed E-state index contributed by atoms with van der Waals surface area (Å²) < 4.78 is 11.0. The van der Waals surface area contributed by atoms with Crippen LogP contribution in [0.2, 0.25) is 0 Å². The average Bonchev–Trinajstić information content (AvgIpc) is 2.98. The molecule has 2 aliphatic rings. The molecule has 2 heterocycles. The van der Waals surface area contributed by atoms with E-state index in [0.29, 0.717) is 68.7 Å². The molecule has 2 aromatic rings. The van der Waals surface area contributed by atoms with Crippen LogP contribution in [-0.2, 0) is 17.6 Å². The zero-order chi connectivity index (χ0) is 22.7. The van der Waals surface area contributed by atoms with Crippen LogP contribution in [0.3, 0.4) is 0 Å². The second-order valence-corrected chi connectivity index (χ2v) is 8.51. The molecule has 1 saturated heterocycles. The molecule has 32 heavy (non-hydrogen) atoms. The van der Waals surface area contributed by atoms with Gasteiger partial charge in [0.15, 0.2) is 11.5 Å². The number of benzene rings is 1. The Hall–Kier alpha value is -3.09. The molecule has 1 aliphatic carbocycles. The maximum absolute atomic E-state index is 13.1. The van der Waals surface area contributed by atoms with E-state index in [2.05, 4.69) is 0 Å². The molecule has 1 fully saturated rings. The standard InChI is InChI=1S/C25H30N2O5/c1-17-23-20(28)5-3-6-21(23)32-24(17)25(30)27-14-4-13-26(15-16-27)22(29)12-9-18-7-10-19(31-2)11-8-18/h7-8,10-11H,3-6,9,12-16H2,1-2H3. The van der Waals surface area contributed by atoms with Crippen molar-refractivity contribution in [1.82, 2.24) is 9.80 Å². The predicted molar refractivity (Wildman–Crippen MR) is 119 cm³/mol. The van der Waals surface area contributed by atoms with Gasteiger partial charge in [0.2, 0.25) is 5.91 Å². The minimum atomic E-state index is -0.183. The Kier molecular flexibility index (Phi) is 6.63. The van der Waals surface area contributed by atoms with Gasteiger partial charge in [0.25, 0.3) is 5.91 Å². The topological polar surface area (TPSA) is 80.1 Å². The third-order valence-electron chi connectivity index (χ3n) is 6.42. The molecule has 1 aliphatic heterocycles. The Morgan fingerprint density at radius 3 is 2.44 bits per heavy atom. The second-order valence-electron chi connectivity index (χ2n) is 8.51. The van der Waals surface area contributed by atoms with E-state index < -0.39 is 0 Å². The number of carbonyl (C=O) groups is 3. The van der Waals surface area contributed by atoms with Gasteiger partial charge < -0.3 is 19.0 Å². The zero-order valence-electron chi connectivity index (χ0n) is 18.8. The summed E-state index contributed by atoms with van der Waals surface area (Å²) in [6.07, 6.45) is 3.81. The fourth-order valence-electron chi connectivity index (χ4n) is 4.57. The maximum atomic E-state index is 13.1. The summed E-state index contributed by atoms with van der Waals surface area (Å²) in [5, 5.41) is 0. The summed E-state index contributed by atoms with van der Waals surface area (Å²) in [5.41, 5.74) is 2.36. The monoisotopic (exact) mass is 438 g/mol. The van der Waals surface area contributed by atoms with Crippen LogP contribution in [0.1, 0.15) is 63.5 Å². The summed E-state index contributed by atoms with van der Waals surface area (Å²) in [6, 6.07) is 7.75. The average molecular weight is 439 g/mol. The van der Waals surface area contributed by atoms with Crippen LogP contribution in [0.4, 0.5) is 0 Å². The first kappa shape index (κ1) is 22.1. The van der Waals surface area contributed by atoms with Gasteiger partial charge in [-0.2, -0.15) is 0 Å². The molecule has 2 amide bonds. The summed E-state index contributed by atoms with van der Waals surface area (Å²) in [7, 11) is 1.63. The number of rotatable bonds is 5. The summed E-state index contributed by atoms with van der Waals surface area (Å²) in [5.74, 6) is 1.71. The number of furan rings is 1. The fraction of sp³-hybridized carbons (Fsp3) is 0.480. The number of fused-ring (bicyclic) bond motifs is 1. The normalized spacial score (nSPS) is 16.5. The molecule has 7 heteroatoms. The molecule has 0 atom stereocenters. The smallest absolute Gasteiger partial charge is 0.289 e. The van der Waals surface area contributed by atoms with Crippen molar-refractivity contribution < 1.29 is 23.5 Å². The highest BCUT2D eigenvalue weighted by molar-refractivity contribution is 6.03. The number of carbonyl (C=O) groups excluding carboxylic acids is 3. The summed E-state index contributed by atoms with van der Waals surface area (Å²) in [6.45, 7) is 3.97. The Labute approximate surface area is 188 Å². The van der Waals surface area contributed by atoms with Gasteiger partial charge in [-0.25, -0.2) is 0 Å². The van der Waals surface area contributed by atoms with E-state index in [1.165, 1.54) is 0 Å². The van der Waals surface area contributed by atoms with Gasteiger partial charge in [-0.1, -0.05) is 12.1 Å². The number of Topliss-reactive ketones (excluding diaryl/α,β-unsaturated/α-hetero) is 1. The van der Waals surface area contributed by atoms with Crippen molar-refractivity contribution in [1.29, 1.82) is 0 Å². The lowest BCUT2D eigenvalue weighted by atomic mass is 9.94. The van der Waals surface area contributed by atoms with Crippen molar-refractivity contribution in [2.24, 2.45) is 0 Å². The lowest BCUT2D eigenvalue weighted by Crippen LogP contribution is -2.37. The number of ether oxygens (including phenoxy) is 1. The molecule has 7 nitrogen and oxygen atoms in total. The van der Waals surface area contributed by atoms with Crippen molar-refractivity contribution >= 4 is 17.6 Å². The third-order valence-corrected chi connectivity index (χ3v) is 6.42. The molecule has 0 spiro atoms. The first-order valence-corrected chi connectivity index (χ1v) is 11.3. The molecule has 1 aromatic carbocycles. The Bertz CT molecular complexity index is 1010. The van der Waals surface area contributed by atoms with Crippen LogP contribution in [0.5, 0.6) is 5.75 Å². The number of nitrogens with zero attached hydrogens (tertiary/aromatic N) is 2. The van der Waals surface area contributed by atoms with Gasteiger partial charge in [-0.15, -0.1) is 0 Å². The van der Waals surface area contributed by atoms with Crippen molar-refractivity contribution in [3.05, 3.63) is 52.5 Å². The number of methoxy groups -OCH3 is 1. The Morgan fingerprint density at radius 1 is 1.00 bits per heavy atom. The lowest BCUT2D eigenvalue weighted by molar-refractivity contribution is -0.131. The largest absolute Gasteiger partial charge is 0.497 e. The SMILES string of the molecule is COc1ccc(CCC(=O)N2CCCN(C(=O)c3oc4c(c3C)C(=O)CCC4)CC2)cc1. The third kappa shape index (κ3) is 4.56. The Balaban J connectivity index is 1.35. The van der Waals surface area contributed by atoms with E-state index >= 15 is 0 Å². The number of ketones is 1. The van der Waals surface area contributed by atoms with Gasteiger partial charge in [-0.3, -0.25) is 14.4 Å². The van der Waals surface area contributed by atoms with Crippen LogP contribution < -0.4 is 4.74 Å². The van der Waals surface area contributed by atoms with Crippen molar-refractivity contribution in [2.75, 3.05) is 33.3 Å². The first-order valence-electron chi connectivity index (χ1n) is 11.3. The molecular formula is C25H30N2O5. The van der Waals surface area contributed by atoms with Gasteiger partial charge in [0, 0.05) is 51.0 Å². The highest BCUT2D eigenvalue weighted by atomic mass is 16.5. The number of hydrogen-bond donors (Lipinski definition) is 0. The van der Waals surface area contributed by atoms with E-state index in [-0.39, 0.29) is 23.4 Å². The molecule has 0 unspecified atom stereocenters. The van der Waals surface area contributed by atoms with Gasteiger partial charge in [0.05, 0.1) is 12.7 Å². The van der Waals surface area contributed by atoms with E-state index in [9.17, 15) is 14.4 Å². The Morgan fingerprint density at radius 2 is 1.72 bits per heavy atom. The minimum absolute atomic E-state index is 0.0658. The molecule has 170 valence electrons. The fourth-order valence-corrected chi connectivity index (χ4v) is 4.57.